The van der Waals surface area contributed by atoms with Crippen molar-refractivity contribution in [2.45, 2.75) is 18.9 Å². The number of methoxy groups -OCH3 is 3. The van der Waals surface area contributed by atoms with Gasteiger partial charge in [0.15, 0.2) is 11.5 Å². The van der Waals surface area contributed by atoms with Gasteiger partial charge in [-0.1, -0.05) is 0 Å². The Morgan fingerprint density at radius 1 is 0.967 bits per heavy atom. The maximum atomic E-state index is 12.7. The van der Waals surface area contributed by atoms with E-state index in [-0.39, 0.29) is 12.1 Å². The van der Waals surface area contributed by atoms with Crippen molar-refractivity contribution >= 4 is 23.4 Å². The van der Waals surface area contributed by atoms with Gasteiger partial charge in [-0.05, 0) is 49.2 Å². The number of nitrogens with zero attached hydrogens (tertiary/aromatic N) is 1. The minimum absolute atomic E-state index is 0.129. The summed E-state index contributed by atoms with van der Waals surface area (Å²) in [6, 6.07) is 12.3. The van der Waals surface area contributed by atoms with Crippen molar-refractivity contribution in [1.29, 1.82) is 0 Å². The second-order valence-electron chi connectivity index (χ2n) is 7.00. The summed E-state index contributed by atoms with van der Waals surface area (Å²) in [6.07, 6.45) is 1.87. The Morgan fingerprint density at radius 3 is 2.33 bits per heavy atom. The molecule has 0 saturated carbocycles. The predicted molar refractivity (Wildman–Crippen MR) is 115 cm³/mol. The topological polar surface area (TPSA) is 89.1 Å². The first-order valence-electron chi connectivity index (χ1n) is 9.77. The number of urea groups is 1. The summed E-state index contributed by atoms with van der Waals surface area (Å²) in [7, 11) is 4.54. The van der Waals surface area contributed by atoms with Gasteiger partial charge in [-0.3, -0.25) is 0 Å². The smallest absolute Gasteiger partial charge is 0.337 e. The average molecular weight is 413 g/mol. The van der Waals surface area contributed by atoms with Crippen LogP contribution in [-0.4, -0.2) is 57.4 Å². The summed E-state index contributed by atoms with van der Waals surface area (Å²) < 4.78 is 15.3. The minimum Gasteiger partial charge on any atom is -0.493 e. The highest BCUT2D eigenvalue weighted by Gasteiger charge is 2.24. The van der Waals surface area contributed by atoms with E-state index in [9.17, 15) is 9.59 Å². The largest absolute Gasteiger partial charge is 0.493 e. The van der Waals surface area contributed by atoms with Gasteiger partial charge in [0.05, 0.1) is 26.9 Å². The molecule has 0 unspecified atom stereocenters. The molecule has 8 heteroatoms. The zero-order valence-corrected chi connectivity index (χ0v) is 17.4. The fraction of sp³-hybridized carbons (Fsp3) is 0.364. The highest BCUT2D eigenvalue weighted by molar-refractivity contribution is 5.92. The molecule has 1 heterocycles. The number of esters is 1. The Kier molecular flexibility index (Phi) is 7.00. The quantitative estimate of drug-likeness (QED) is 0.704. The minimum atomic E-state index is -0.409. The van der Waals surface area contributed by atoms with Crippen LogP contribution >= 0.6 is 0 Å². The summed E-state index contributed by atoms with van der Waals surface area (Å²) in [6.45, 7) is 1.27. The molecule has 2 aromatic rings. The van der Waals surface area contributed by atoms with Crippen LogP contribution in [-0.2, 0) is 4.74 Å². The van der Waals surface area contributed by atoms with E-state index < -0.39 is 5.97 Å². The molecule has 2 amide bonds. The van der Waals surface area contributed by atoms with Crippen LogP contribution in [0.4, 0.5) is 16.2 Å². The fourth-order valence-electron chi connectivity index (χ4n) is 3.45. The second kappa shape index (κ2) is 9.87. The van der Waals surface area contributed by atoms with Gasteiger partial charge in [0.25, 0.3) is 0 Å². The van der Waals surface area contributed by atoms with Gasteiger partial charge < -0.3 is 29.7 Å². The highest BCUT2D eigenvalue weighted by atomic mass is 16.5. The number of carbonyl (C=O) groups is 2. The van der Waals surface area contributed by atoms with Crippen molar-refractivity contribution in [1.82, 2.24) is 4.90 Å². The average Bonchev–Trinajstić information content (AvgIpc) is 2.79. The van der Waals surface area contributed by atoms with Crippen LogP contribution in [0.5, 0.6) is 11.5 Å². The zero-order chi connectivity index (χ0) is 21.5. The van der Waals surface area contributed by atoms with Gasteiger partial charge >= 0.3 is 12.0 Å². The van der Waals surface area contributed by atoms with Crippen molar-refractivity contribution in [3.63, 3.8) is 0 Å². The first-order valence-corrected chi connectivity index (χ1v) is 9.77. The molecule has 8 nitrogen and oxygen atoms in total. The zero-order valence-electron chi connectivity index (χ0n) is 17.4. The normalized spacial score (nSPS) is 15.8. The molecule has 1 aliphatic heterocycles. The van der Waals surface area contributed by atoms with Gasteiger partial charge in [0.1, 0.15) is 0 Å². The number of rotatable bonds is 6. The Hall–Kier alpha value is -3.42. The summed E-state index contributed by atoms with van der Waals surface area (Å²) in [4.78, 5) is 26.0. The number of hydrogen-bond donors (Lipinski definition) is 2. The van der Waals surface area contributed by atoms with Crippen LogP contribution in [0.2, 0.25) is 0 Å². The molecule has 1 atom stereocenters. The Morgan fingerprint density at radius 2 is 1.67 bits per heavy atom. The fourth-order valence-corrected chi connectivity index (χ4v) is 3.45. The monoisotopic (exact) mass is 413 g/mol. The molecule has 2 aromatic carbocycles. The van der Waals surface area contributed by atoms with Gasteiger partial charge in [-0.25, -0.2) is 9.59 Å². The van der Waals surface area contributed by atoms with Gasteiger partial charge in [0.2, 0.25) is 0 Å². The van der Waals surface area contributed by atoms with E-state index in [0.29, 0.717) is 35.8 Å². The molecule has 160 valence electrons. The molecular weight excluding hydrogens is 386 g/mol. The summed E-state index contributed by atoms with van der Waals surface area (Å²) in [5, 5.41) is 6.36. The lowest BCUT2D eigenvalue weighted by Gasteiger charge is -2.33. The summed E-state index contributed by atoms with van der Waals surface area (Å²) >= 11 is 0. The maximum Gasteiger partial charge on any atom is 0.337 e. The van der Waals surface area contributed by atoms with E-state index in [1.165, 1.54) is 7.11 Å². The third-order valence-corrected chi connectivity index (χ3v) is 5.02. The van der Waals surface area contributed by atoms with E-state index in [2.05, 4.69) is 15.4 Å². The summed E-state index contributed by atoms with van der Waals surface area (Å²) in [5.41, 5.74) is 1.98. The van der Waals surface area contributed by atoms with Crippen LogP contribution in [0.1, 0.15) is 23.2 Å². The number of amides is 2. The molecule has 0 bridgehead atoms. The Bertz CT molecular complexity index is 885. The Labute approximate surface area is 176 Å². The van der Waals surface area contributed by atoms with Crippen molar-refractivity contribution in [3.05, 3.63) is 48.0 Å². The molecule has 2 N–H and O–H groups in total. The lowest BCUT2D eigenvalue weighted by Crippen LogP contribution is -2.46. The van der Waals surface area contributed by atoms with Crippen LogP contribution < -0.4 is 20.1 Å². The van der Waals surface area contributed by atoms with E-state index in [4.69, 9.17) is 9.47 Å². The summed E-state index contributed by atoms with van der Waals surface area (Å²) in [5.74, 6) is 0.919. The number of ether oxygens (including phenoxy) is 3. The Balaban J connectivity index is 1.59. The molecule has 0 aliphatic carbocycles. The molecular formula is C22H27N3O5. The first kappa shape index (κ1) is 21.3. The SMILES string of the molecule is COC(=O)c1ccc(NC(=O)N2CCC[C@H](Nc3ccc(OC)c(OC)c3)C2)cc1. The number of likely N-dealkylation sites (tertiary alicyclic amines) is 1. The third kappa shape index (κ3) is 5.14. The molecule has 3 rings (SSSR count). The van der Waals surface area contributed by atoms with Gasteiger partial charge in [-0.15, -0.1) is 0 Å². The van der Waals surface area contributed by atoms with E-state index in [1.54, 1.807) is 43.4 Å². The number of anilines is 2. The third-order valence-electron chi connectivity index (χ3n) is 5.02. The van der Waals surface area contributed by atoms with Crippen LogP contribution in [0, 0.1) is 0 Å². The second-order valence-corrected chi connectivity index (χ2v) is 7.00. The van der Waals surface area contributed by atoms with Crippen molar-refractivity contribution < 1.29 is 23.8 Å². The number of nitrogens with one attached hydrogen (secondary N) is 2. The standard InChI is InChI=1S/C22H27N3O5/c1-28-19-11-10-17(13-20(19)29-2)23-18-5-4-12-25(14-18)22(27)24-16-8-6-15(7-9-16)21(26)30-3/h6-11,13,18,23H,4-5,12,14H2,1-3H3,(H,24,27)/t18-/m0/s1. The van der Waals surface area contributed by atoms with Crippen LogP contribution in [0.25, 0.3) is 0 Å². The van der Waals surface area contributed by atoms with E-state index in [1.807, 2.05) is 18.2 Å². The number of hydrogen-bond acceptors (Lipinski definition) is 6. The van der Waals surface area contributed by atoms with Crippen molar-refractivity contribution in [2.24, 2.45) is 0 Å². The van der Waals surface area contributed by atoms with E-state index >= 15 is 0 Å². The molecule has 0 spiro atoms. The molecule has 0 aromatic heterocycles. The number of piperidine rings is 1. The molecule has 1 saturated heterocycles. The number of carbonyl (C=O) groups excluding carboxylic acids is 2. The molecule has 1 fully saturated rings. The molecule has 1 aliphatic rings. The van der Waals surface area contributed by atoms with Crippen LogP contribution in [0.3, 0.4) is 0 Å². The van der Waals surface area contributed by atoms with E-state index in [0.717, 1.165) is 18.5 Å². The lowest BCUT2D eigenvalue weighted by atomic mass is 10.1. The molecule has 0 radical (unpaired) electrons. The van der Waals surface area contributed by atoms with Crippen molar-refractivity contribution in [3.8, 4) is 11.5 Å². The van der Waals surface area contributed by atoms with Gasteiger partial charge in [0, 0.05) is 36.6 Å². The van der Waals surface area contributed by atoms with Gasteiger partial charge in [-0.2, -0.15) is 0 Å². The molecule has 30 heavy (non-hydrogen) atoms. The highest BCUT2D eigenvalue weighted by Crippen LogP contribution is 2.30. The van der Waals surface area contributed by atoms with Crippen molar-refractivity contribution in [2.75, 3.05) is 45.1 Å². The number of benzene rings is 2. The predicted octanol–water partition coefficient (Wildman–Crippen LogP) is 3.60. The van der Waals surface area contributed by atoms with Crippen LogP contribution in [0.15, 0.2) is 42.5 Å². The first-order chi connectivity index (χ1) is 14.5. The maximum absolute atomic E-state index is 12.7. The lowest BCUT2D eigenvalue weighted by molar-refractivity contribution is 0.0600.